The van der Waals surface area contributed by atoms with Crippen LogP contribution in [0.5, 0.6) is 0 Å². The minimum Gasteiger partial charge on any atom is -0.341 e. The Kier molecular flexibility index (Phi) is 4.84. The molecule has 2 aliphatic rings. The Hall–Kier alpha value is -2.13. The van der Waals surface area contributed by atoms with Crippen LogP contribution in [0, 0.1) is 0 Å². The van der Waals surface area contributed by atoms with E-state index < -0.39 is 0 Å². The molecule has 2 aromatic carbocycles. The predicted molar refractivity (Wildman–Crippen MR) is 100 cm³/mol. The maximum Gasteiger partial charge on any atom is 0.244 e. The van der Waals surface area contributed by atoms with Crippen molar-refractivity contribution in [3.63, 3.8) is 0 Å². The van der Waals surface area contributed by atoms with Crippen LogP contribution in [0.1, 0.15) is 48.8 Å². The van der Waals surface area contributed by atoms with E-state index in [1.165, 1.54) is 12.0 Å². The lowest BCUT2D eigenvalue weighted by molar-refractivity contribution is -0.134. The number of nitrogens with zero attached hydrogens (tertiary/aromatic N) is 1. The van der Waals surface area contributed by atoms with E-state index in [0.717, 1.165) is 37.9 Å². The predicted octanol–water partition coefficient (Wildman–Crippen LogP) is 3.89. The van der Waals surface area contributed by atoms with Crippen LogP contribution in [0.2, 0.25) is 0 Å². The van der Waals surface area contributed by atoms with Crippen LogP contribution in [0.4, 0.5) is 0 Å². The molecular weight excluding hydrogens is 308 g/mol. The van der Waals surface area contributed by atoms with Gasteiger partial charge in [-0.2, -0.15) is 0 Å². The van der Waals surface area contributed by atoms with E-state index in [-0.39, 0.29) is 11.9 Å². The Bertz CT molecular complexity index is 694. The van der Waals surface area contributed by atoms with Gasteiger partial charge in [0.15, 0.2) is 0 Å². The van der Waals surface area contributed by atoms with Crippen LogP contribution in [-0.4, -0.2) is 29.9 Å². The quantitative estimate of drug-likeness (QED) is 0.900. The molecule has 0 radical (unpaired) electrons. The molecule has 1 amide bonds. The summed E-state index contributed by atoms with van der Waals surface area (Å²) >= 11 is 0. The SMILES string of the molecule is O=C([C@H](N[C@H]1C[C@H]1c1ccccc1)c1ccccc1)N1CCCCC1. The van der Waals surface area contributed by atoms with Gasteiger partial charge in [0.05, 0.1) is 0 Å². The third-order valence-electron chi connectivity index (χ3n) is 5.45. The van der Waals surface area contributed by atoms with Gasteiger partial charge in [-0.25, -0.2) is 0 Å². The van der Waals surface area contributed by atoms with Crippen molar-refractivity contribution >= 4 is 5.91 Å². The largest absolute Gasteiger partial charge is 0.341 e. The highest BCUT2D eigenvalue weighted by molar-refractivity contribution is 5.83. The molecule has 25 heavy (non-hydrogen) atoms. The smallest absolute Gasteiger partial charge is 0.244 e. The van der Waals surface area contributed by atoms with Crippen LogP contribution in [-0.2, 0) is 4.79 Å². The minimum absolute atomic E-state index is 0.224. The molecule has 2 aromatic rings. The average Bonchev–Trinajstić information content (AvgIpc) is 3.47. The molecule has 130 valence electrons. The monoisotopic (exact) mass is 334 g/mol. The fourth-order valence-electron chi connectivity index (χ4n) is 3.91. The number of rotatable bonds is 5. The molecule has 1 heterocycles. The number of benzene rings is 2. The van der Waals surface area contributed by atoms with Crippen LogP contribution in [0.15, 0.2) is 60.7 Å². The average molecular weight is 334 g/mol. The van der Waals surface area contributed by atoms with Gasteiger partial charge in [0.1, 0.15) is 6.04 Å². The molecule has 3 atom stereocenters. The molecule has 1 N–H and O–H groups in total. The summed E-state index contributed by atoms with van der Waals surface area (Å²) in [6.45, 7) is 1.80. The first kappa shape index (κ1) is 16.3. The molecule has 0 unspecified atom stereocenters. The van der Waals surface area contributed by atoms with E-state index in [9.17, 15) is 4.79 Å². The lowest BCUT2D eigenvalue weighted by Gasteiger charge is -2.31. The molecule has 2 fully saturated rings. The summed E-state index contributed by atoms with van der Waals surface area (Å²) in [6, 6.07) is 21.0. The fraction of sp³-hybridized carbons (Fsp3) is 0.409. The molecule has 0 spiro atoms. The van der Waals surface area contributed by atoms with Crippen molar-refractivity contribution in [1.82, 2.24) is 10.2 Å². The zero-order valence-electron chi connectivity index (χ0n) is 14.6. The van der Waals surface area contributed by atoms with Gasteiger partial charge in [-0.1, -0.05) is 60.7 Å². The molecule has 1 aliphatic carbocycles. The van der Waals surface area contributed by atoms with E-state index in [2.05, 4.69) is 47.8 Å². The molecule has 3 nitrogen and oxygen atoms in total. The first-order valence-corrected chi connectivity index (χ1v) is 9.47. The van der Waals surface area contributed by atoms with E-state index in [4.69, 9.17) is 0 Å². The van der Waals surface area contributed by atoms with Crippen LogP contribution in [0.3, 0.4) is 0 Å². The second-order valence-electron chi connectivity index (χ2n) is 7.26. The highest BCUT2D eigenvalue weighted by atomic mass is 16.2. The summed E-state index contributed by atoms with van der Waals surface area (Å²) < 4.78 is 0. The molecular formula is C22H26N2O. The number of carbonyl (C=O) groups excluding carboxylic acids is 1. The van der Waals surface area contributed by atoms with Gasteiger partial charge >= 0.3 is 0 Å². The molecule has 1 saturated carbocycles. The number of amides is 1. The molecule has 1 aliphatic heterocycles. The van der Waals surface area contributed by atoms with Gasteiger partial charge in [0, 0.05) is 25.0 Å². The molecule has 3 heteroatoms. The fourth-order valence-corrected chi connectivity index (χ4v) is 3.91. The van der Waals surface area contributed by atoms with Crippen molar-refractivity contribution in [3.8, 4) is 0 Å². The summed E-state index contributed by atoms with van der Waals surface area (Å²) in [5.74, 6) is 0.770. The molecule has 1 saturated heterocycles. The van der Waals surface area contributed by atoms with E-state index >= 15 is 0 Å². The normalized spacial score (nSPS) is 23.9. The van der Waals surface area contributed by atoms with Gasteiger partial charge < -0.3 is 4.90 Å². The van der Waals surface area contributed by atoms with Crippen molar-refractivity contribution < 1.29 is 4.79 Å². The standard InChI is InChI=1S/C22H26N2O/c25-22(24-14-8-3-9-15-24)21(18-12-6-2-7-13-18)23-20-16-19(20)17-10-4-1-5-11-17/h1-2,4-7,10-13,19-21,23H,3,8-9,14-16H2/t19-,20-,21+/m0/s1. The number of hydrogen-bond donors (Lipinski definition) is 1. The van der Waals surface area contributed by atoms with Crippen LogP contribution < -0.4 is 5.32 Å². The van der Waals surface area contributed by atoms with Gasteiger partial charge in [-0.05, 0) is 36.8 Å². The Morgan fingerprint density at radius 2 is 1.56 bits per heavy atom. The van der Waals surface area contributed by atoms with Crippen molar-refractivity contribution in [1.29, 1.82) is 0 Å². The summed E-state index contributed by atoms with van der Waals surface area (Å²) in [7, 11) is 0. The Morgan fingerprint density at radius 1 is 0.920 bits per heavy atom. The minimum atomic E-state index is -0.224. The van der Waals surface area contributed by atoms with Crippen LogP contribution in [0.25, 0.3) is 0 Å². The molecule has 0 aromatic heterocycles. The van der Waals surface area contributed by atoms with Crippen molar-refractivity contribution in [2.24, 2.45) is 0 Å². The summed E-state index contributed by atoms with van der Waals surface area (Å²) in [5.41, 5.74) is 2.45. The van der Waals surface area contributed by atoms with Crippen molar-refractivity contribution in [2.75, 3.05) is 13.1 Å². The second kappa shape index (κ2) is 7.40. The third kappa shape index (κ3) is 3.77. The van der Waals surface area contributed by atoms with Gasteiger partial charge in [-0.15, -0.1) is 0 Å². The first-order chi connectivity index (χ1) is 12.3. The number of carbonyl (C=O) groups is 1. The van der Waals surface area contributed by atoms with Gasteiger partial charge in [0.2, 0.25) is 5.91 Å². The maximum absolute atomic E-state index is 13.2. The Morgan fingerprint density at radius 3 is 2.24 bits per heavy atom. The van der Waals surface area contributed by atoms with Crippen LogP contribution >= 0.6 is 0 Å². The summed E-state index contributed by atoms with van der Waals surface area (Å²) in [5, 5.41) is 3.66. The number of piperidine rings is 1. The third-order valence-corrected chi connectivity index (χ3v) is 5.45. The lowest BCUT2D eigenvalue weighted by Crippen LogP contribution is -2.44. The zero-order valence-corrected chi connectivity index (χ0v) is 14.6. The molecule has 0 bridgehead atoms. The number of nitrogens with one attached hydrogen (secondary N) is 1. The number of hydrogen-bond acceptors (Lipinski definition) is 2. The van der Waals surface area contributed by atoms with Gasteiger partial charge in [-0.3, -0.25) is 10.1 Å². The van der Waals surface area contributed by atoms with E-state index in [1.807, 2.05) is 23.1 Å². The van der Waals surface area contributed by atoms with Crippen molar-refractivity contribution in [3.05, 3.63) is 71.8 Å². The lowest BCUT2D eigenvalue weighted by atomic mass is 10.0. The highest BCUT2D eigenvalue weighted by Crippen LogP contribution is 2.42. The summed E-state index contributed by atoms with van der Waals surface area (Å²) in [4.78, 5) is 15.2. The number of likely N-dealkylation sites (tertiary alicyclic amines) is 1. The Labute approximate surface area is 150 Å². The first-order valence-electron chi connectivity index (χ1n) is 9.47. The topological polar surface area (TPSA) is 32.3 Å². The molecule has 4 rings (SSSR count). The van der Waals surface area contributed by atoms with Crippen molar-refractivity contribution in [2.45, 2.75) is 43.7 Å². The van der Waals surface area contributed by atoms with E-state index in [0.29, 0.717) is 12.0 Å². The second-order valence-corrected chi connectivity index (χ2v) is 7.26. The van der Waals surface area contributed by atoms with Gasteiger partial charge in [0.25, 0.3) is 0 Å². The zero-order chi connectivity index (χ0) is 17.1. The summed E-state index contributed by atoms with van der Waals surface area (Å²) in [6.07, 6.45) is 4.61. The highest BCUT2D eigenvalue weighted by Gasteiger charge is 2.41. The Balaban J connectivity index is 1.49. The maximum atomic E-state index is 13.2. The van der Waals surface area contributed by atoms with E-state index in [1.54, 1.807) is 0 Å².